The summed E-state index contributed by atoms with van der Waals surface area (Å²) in [6, 6.07) is 26.1. The van der Waals surface area contributed by atoms with Crippen LogP contribution in [-0.4, -0.2) is 23.5 Å². The molecule has 1 aliphatic heterocycles. The number of ether oxygens (including phenoxy) is 2. The van der Waals surface area contributed by atoms with Crippen molar-refractivity contribution in [1.82, 2.24) is 4.90 Å². The van der Waals surface area contributed by atoms with Crippen molar-refractivity contribution in [3.8, 4) is 11.5 Å². The van der Waals surface area contributed by atoms with E-state index in [0.29, 0.717) is 33.3 Å². The fourth-order valence-electron chi connectivity index (χ4n) is 4.28. The minimum Gasteiger partial charge on any atom is -0.454 e. The summed E-state index contributed by atoms with van der Waals surface area (Å²) in [5, 5.41) is 3.42. The van der Waals surface area contributed by atoms with E-state index in [2.05, 4.69) is 5.32 Å². The number of anilines is 1. The number of halogens is 2. The first-order valence-electron chi connectivity index (χ1n) is 12.0. The third-order valence-electron chi connectivity index (χ3n) is 6.17. The zero-order chi connectivity index (χ0) is 26.5. The summed E-state index contributed by atoms with van der Waals surface area (Å²) >= 11 is 6.13. The number of hydrogen-bond acceptors (Lipinski definition) is 4. The maximum absolute atomic E-state index is 13.9. The highest BCUT2D eigenvalue weighted by molar-refractivity contribution is 6.30. The number of fused-ring (bicyclic) bond motifs is 1. The highest BCUT2D eigenvalue weighted by atomic mass is 35.5. The van der Waals surface area contributed by atoms with Gasteiger partial charge in [0.1, 0.15) is 11.9 Å². The van der Waals surface area contributed by atoms with E-state index in [1.165, 1.54) is 17.0 Å². The molecule has 8 heteroatoms. The van der Waals surface area contributed by atoms with Crippen LogP contribution in [0.5, 0.6) is 11.5 Å². The Morgan fingerprint density at radius 3 is 2.32 bits per heavy atom. The lowest BCUT2D eigenvalue weighted by atomic mass is 10.0. The number of carbonyl (C=O) groups is 2. The summed E-state index contributed by atoms with van der Waals surface area (Å²) in [7, 11) is 0. The second-order valence-corrected chi connectivity index (χ2v) is 9.26. The molecule has 0 fully saturated rings. The number of amides is 2. The van der Waals surface area contributed by atoms with Crippen LogP contribution in [0.2, 0.25) is 5.02 Å². The minimum atomic E-state index is -1.00. The van der Waals surface area contributed by atoms with E-state index in [1.807, 2.05) is 30.3 Å². The zero-order valence-electron chi connectivity index (χ0n) is 20.3. The lowest BCUT2D eigenvalue weighted by Crippen LogP contribution is -2.41. The van der Waals surface area contributed by atoms with Gasteiger partial charge in [-0.1, -0.05) is 66.2 Å². The Hall–Kier alpha value is -4.36. The summed E-state index contributed by atoms with van der Waals surface area (Å²) in [6.07, 6.45) is 0.0867. The first kappa shape index (κ1) is 25.3. The van der Waals surface area contributed by atoms with Crippen LogP contribution in [0.3, 0.4) is 0 Å². The van der Waals surface area contributed by atoms with Gasteiger partial charge in [-0.15, -0.1) is 0 Å². The lowest BCUT2D eigenvalue weighted by Gasteiger charge is -2.32. The van der Waals surface area contributed by atoms with Gasteiger partial charge in [-0.3, -0.25) is 9.59 Å². The van der Waals surface area contributed by atoms with Crippen molar-refractivity contribution in [3.05, 3.63) is 125 Å². The molecule has 0 saturated heterocycles. The van der Waals surface area contributed by atoms with E-state index in [0.717, 1.165) is 5.56 Å². The summed E-state index contributed by atoms with van der Waals surface area (Å²) < 4.78 is 24.4. The van der Waals surface area contributed by atoms with Crippen molar-refractivity contribution >= 4 is 29.1 Å². The van der Waals surface area contributed by atoms with Crippen molar-refractivity contribution < 1.29 is 23.5 Å². The standard InChI is InChI=1S/C30H24ClFN2O4/c31-23-10-8-22(9-11-23)29(30(36)33-25-14-15-26-27(17-25)38-19-37-26)34(18-21-6-12-24(32)13-7-21)28(35)16-20-4-2-1-3-5-20/h1-15,17,29H,16,18-19H2,(H,33,36). The van der Waals surface area contributed by atoms with E-state index in [4.69, 9.17) is 21.1 Å². The highest BCUT2D eigenvalue weighted by Crippen LogP contribution is 2.35. The fourth-order valence-corrected chi connectivity index (χ4v) is 4.41. The molecule has 192 valence electrons. The molecule has 0 radical (unpaired) electrons. The average Bonchev–Trinajstić information content (AvgIpc) is 3.39. The van der Waals surface area contributed by atoms with E-state index in [9.17, 15) is 14.0 Å². The molecule has 0 bridgehead atoms. The van der Waals surface area contributed by atoms with Gasteiger partial charge in [0.05, 0.1) is 6.42 Å². The van der Waals surface area contributed by atoms with Gasteiger partial charge in [-0.05, 0) is 53.1 Å². The van der Waals surface area contributed by atoms with Crippen LogP contribution in [0.4, 0.5) is 10.1 Å². The molecule has 6 nitrogen and oxygen atoms in total. The number of carbonyl (C=O) groups excluding carboxylic acids is 2. The Morgan fingerprint density at radius 1 is 0.868 bits per heavy atom. The molecule has 1 aliphatic rings. The molecular weight excluding hydrogens is 507 g/mol. The largest absolute Gasteiger partial charge is 0.454 e. The van der Waals surface area contributed by atoms with Crippen molar-refractivity contribution in [2.75, 3.05) is 12.1 Å². The third kappa shape index (κ3) is 5.95. The predicted molar refractivity (Wildman–Crippen MR) is 142 cm³/mol. The van der Waals surface area contributed by atoms with Crippen LogP contribution in [0.25, 0.3) is 0 Å². The van der Waals surface area contributed by atoms with Gasteiger partial charge in [-0.25, -0.2) is 4.39 Å². The maximum Gasteiger partial charge on any atom is 0.251 e. The number of nitrogens with one attached hydrogen (secondary N) is 1. The molecule has 4 aromatic carbocycles. The monoisotopic (exact) mass is 530 g/mol. The second-order valence-electron chi connectivity index (χ2n) is 8.82. The Morgan fingerprint density at radius 2 is 1.58 bits per heavy atom. The summed E-state index contributed by atoms with van der Waals surface area (Å²) in [5.41, 5.74) is 2.57. The summed E-state index contributed by atoms with van der Waals surface area (Å²) in [6.45, 7) is 0.202. The van der Waals surface area contributed by atoms with Gasteiger partial charge in [0, 0.05) is 23.3 Å². The van der Waals surface area contributed by atoms with Crippen molar-refractivity contribution in [2.45, 2.75) is 19.0 Å². The quantitative estimate of drug-likeness (QED) is 0.296. The molecule has 0 aliphatic carbocycles. The Labute approximate surface area is 224 Å². The molecule has 1 heterocycles. The Balaban J connectivity index is 1.51. The van der Waals surface area contributed by atoms with Crippen LogP contribution in [0.1, 0.15) is 22.7 Å². The Bertz CT molecular complexity index is 1430. The molecule has 1 atom stereocenters. The molecule has 0 aromatic heterocycles. The topological polar surface area (TPSA) is 67.9 Å². The van der Waals surface area contributed by atoms with Gasteiger partial charge in [0.15, 0.2) is 11.5 Å². The van der Waals surface area contributed by atoms with Crippen molar-refractivity contribution in [1.29, 1.82) is 0 Å². The summed E-state index contributed by atoms with van der Waals surface area (Å²) in [5.74, 6) is 0.0455. The molecule has 0 saturated carbocycles. The third-order valence-corrected chi connectivity index (χ3v) is 6.42. The smallest absolute Gasteiger partial charge is 0.251 e. The molecule has 38 heavy (non-hydrogen) atoms. The zero-order valence-corrected chi connectivity index (χ0v) is 21.0. The van der Waals surface area contributed by atoms with E-state index in [-0.39, 0.29) is 31.5 Å². The average molecular weight is 531 g/mol. The second kappa shape index (κ2) is 11.4. The van der Waals surface area contributed by atoms with Crippen LogP contribution in [0, 0.1) is 5.82 Å². The summed E-state index contributed by atoms with van der Waals surface area (Å²) in [4.78, 5) is 29.2. The van der Waals surface area contributed by atoms with Gasteiger partial charge >= 0.3 is 0 Å². The lowest BCUT2D eigenvalue weighted by molar-refractivity contribution is -0.139. The fraction of sp³-hybridized carbons (Fsp3) is 0.133. The first-order chi connectivity index (χ1) is 18.5. The van der Waals surface area contributed by atoms with Crippen LogP contribution in [0.15, 0.2) is 97.1 Å². The van der Waals surface area contributed by atoms with Gasteiger partial charge in [0.2, 0.25) is 12.7 Å². The normalized spacial score (nSPS) is 12.6. The molecule has 1 unspecified atom stereocenters. The first-order valence-corrected chi connectivity index (χ1v) is 12.4. The molecule has 4 aromatic rings. The molecule has 0 spiro atoms. The minimum absolute atomic E-state index is 0.0867. The number of nitrogens with zero attached hydrogens (tertiary/aromatic N) is 1. The van der Waals surface area contributed by atoms with Crippen LogP contribution < -0.4 is 14.8 Å². The van der Waals surface area contributed by atoms with Gasteiger partial charge in [0.25, 0.3) is 5.91 Å². The van der Waals surface area contributed by atoms with Gasteiger partial charge < -0.3 is 19.7 Å². The Kier molecular flexibility index (Phi) is 7.56. The van der Waals surface area contributed by atoms with E-state index < -0.39 is 11.9 Å². The van der Waals surface area contributed by atoms with Crippen molar-refractivity contribution in [2.24, 2.45) is 0 Å². The molecule has 1 N–H and O–H groups in total. The highest BCUT2D eigenvalue weighted by Gasteiger charge is 2.32. The van der Waals surface area contributed by atoms with E-state index in [1.54, 1.807) is 54.6 Å². The van der Waals surface area contributed by atoms with E-state index >= 15 is 0 Å². The molecule has 5 rings (SSSR count). The number of benzene rings is 4. The molecule has 2 amide bonds. The predicted octanol–water partition coefficient (Wildman–Crippen LogP) is 6.16. The SMILES string of the molecule is O=C(Nc1ccc2c(c1)OCO2)C(c1ccc(Cl)cc1)N(Cc1ccc(F)cc1)C(=O)Cc1ccccc1. The molecular formula is C30H24ClFN2O4. The number of rotatable bonds is 8. The van der Waals surface area contributed by atoms with Crippen LogP contribution in [-0.2, 0) is 22.6 Å². The maximum atomic E-state index is 13.9. The van der Waals surface area contributed by atoms with Crippen molar-refractivity contribution in [3.63, 3.8) is 0 Å². The van der Waals surface area contributed by atoms with Crippen LogP contribution >= 0.6 is 11.6 Å². The number of hydrogen-bond donors (Lipinski definition) is 1. The van der Waals surface area contributed by atoms with Gasteiger partial charge in [-0.2, -0.15) is 0 Å².